The summed E-state index contributed by atoms with van der Waals surface area (Å²) in [6, 6.07) is 1.79. The van der Waals surface area contributed by atoms with Gasteiger partial charge in [-0.25, -0.2) is 28.5 Å². The molecule has 1 aliphatic rings. The van der Waals surface area contributed by atoms with Gasteiger partial charge in [0.1, 0.15) is 0 Å². The van der Waals surface area contributed by atoms with E-state index in [1.54, 1.807) is 18.5 Å². The molecule has 0 aliphatic carbocycles. The molecule has 3 rings (SSSR count). The predicted octanol–water partition coefficient (Wildman–Crippen LogP) is 0.297. The van der Waals surface area contributed by atoms with Gasteiger partial charge in [-0.15, -0.1) is 0 Å². The van der Waals surface area contributed by atoms with Gasteiger partial charge in [0.15, 0.2) is 9.34 Å². The molecule has 3 heterocycles. The van der Waals surface area contributed by atoms with E-state index in [-0.39, 0.29) is 4.21 Å². The summed E-state index contributed by atoms with van der Waals surface area (Å²) in [5.74, 6) is 0.716. The highest BCUT2D eigenvalue weighted by molar-refractivity contribution is 7.91. The van der Waals surface area contributed by atoms with E-state index < -0.39 is 10.0 Å². The molecule has 2 aromatic heterocycles. The third kappa shape index (κ3) is 3.34. The molecule has 0 saturated carbocycles. The third-order valence-corrected chi connectivity index (χ3v) is 5.82. The van der Waals surface area contributed by atoms with Crippen molar-refractivity contribution in [2.24, 2.45) is 5.14 Å². The monoisotopic (exact) mass is 340 g/mol. The first-order valence-corrected chi connectivity index (χ1v) is 9.16. The standard InChI is InChI=1S/C12H16N6O2S2/c13-22(19,20)10-9-16-12(21-10)18-6-2-5-17(7-8-18)11-14-3-1-4-15-11/h1,3-4,9H,2,5-8H2,(H2,13,19,20). The number of primary sulfonamides is 1. The molecule has 1 aliphatic heterocycles. The van der Waals surface area contributed by atoms with Gasteiger partial charge in [0, 0.05) is 38.6 Å². The average molecular weight is 340 g/mol. The molecule has 2 N–H and O–H groups in total. The van der Waals surface area contributed by atoms with Crippen molar-refractivity contribution in [2.75, 3.05) is 36.0 Å². The van der Waals surface area contributed by atoms with E-state index in [1.165, 1.54) is 6.20 Å². The second-order valence-corrected chi connectivity index (χ2v) is 7.68. The van der Waals surface area contributed by atoms with Crippen molar-refractivity contribution in [3.05, 3.63) is 24.7 Å². The maximum Gasteiger partial charge on any atom is 0.249 e. The number of aromatic nitrogens is 3. The van der Waals surface area contributed by atoms with Crippen LogP contribution in [0.3, 0.4) is 0 Å². The van der Waals surface area contributed by atoms with Gasteiger partial charge in [-0.3, -0.25) is 0 Å². The van der Waals surface area contributed by atoms with Gasteiger partial charge in [0.25, 0.3) is 0 Å². The van der Waals surface area contributed by atoms with E-state index in [0.29, 0.717) is 11.1 Å². The highest BCUT2D eigenvalue weighted by Gasteiger charge is 2.21. The Balaban J connectivity index is 1.72. The maximum absolute atomic E-state index is 11.3. The third-order valence-electron chi connectivity index (χ3n) is 3.35. The molecule has 0 bridgehead atoms. The van der Waals surface area contributed by atoms with Gasteiger partial charge >= 0.3 is 0 Å². The summed E-state index contributed by atoms with van der Waals surface area (Å²) >= 11 is 1.10. The molecule has 0 radical (unpaired) electrons. The lowest BCUT2D eigenvalue weighted by Gasteiger charge is -2.21. The molecule has 0 amide bonds. The Morgan fingerprint density at radius 2 is 1.73 bits per heavy atom. The minimum absolute atomic E-state index is 0.0926. The first-order chi connectivity index (χ1) is 10.5. The van der Waals surface area contributed by atoms with E-state index in [1.807, 2.05) is 0 Å². The molecule has 118 valence electrons. The second-order valence-electron chi connectivity index (χ2n) is 4.88. The average Bonchev–Trinajstić information content (AvgIpc) is 2.87. The van der Waals surface area contributed by atoms with Crippen LogP contribution < -0.4 is 14.9 Å². The topological polar surface area (TPSA) is 105 Å². The maximum atomic E-state index is 11.3. The van der Waals surface area contributed by atoms with Crippen LogP contribution in [0, 0.1) is 0 Å². The van der Waals surface area contributed by atoms with Gasteiger partial charge in [-0.05, 0) is 12.5 Å². The second kappa shape index (κ2) is 6.15. The van der Waals surface area contributed by atoms with E-state index >= 15 is 0 Å². The lowest BCUT2D eigenvalue weighted by Crippen LogP contribution is -2.31. The minimum atomic E-state index is -3.68. The Labute approximate surface area is 132 Å². The number of rotatable bonds is 3. The van der Waals surface area contributed by atoms with Crippen molar-refractivity contribution in [2.45, 2.75) is 10.6 Å². The zero-order valence-electron chi connectivity index (χ0n) is 11.8. The van der Waals surface area contributed by atoms with Crippen LogP contribution in [0.25, 0.3) is 0 Å². The lowest BCUT2D eigenvalue weighted by atomic mass is 10.4. The predicted molar refractivity (Wildman–Crippen MR) is 84.6 cm³/mol. The fraction of sp³-hybridized carbons (Fsp3) is 0.417. The summed E-state index contributed by atoms with van der Waals surface area (Å²) in [6.45, 7) is 3.15. The molecule has 22 heavy (non-hydrogen) atoms. The molecule has 0 spiro atoms. The normalized spacial score (nSPS) is 16.6. The van der Waals surface area contributed by atoms with Crippen LogP contribution in [0.5, 0.6) is 0 Å². The number of anilines is 2. The fourth-order valence-corrected chi connectivity index (χ4v) is 3.88. The first kappa shape index (κ1) is 15.1. The van der Waals surface area contributed by atoms with Gasteiger partial charge in [-0.2, -0.15) is 0 Å². The van der Waals surface area contributed by atoms with Crippen LogP contribution in [-0.2, 0) is 10.0 Å². The van der Waals surface area contributed by atoms with E-state index in [4.69, 9.17) is 5.14 Å². The largest absolute Gasteiger partial charge is 0.346 e. The highest BCUT2D eigenvalue weighted by atomic mass is 32.2. The molecule has 10 heteroatoms. The van der Waals surface area contributed by atoms with Crippen LogP contribution in [-0.4, -0.2) is 49.5 Å². The Bertz CT molecular complexity index is 733. The number of hydrogen-bond donors (Lipinski definition) is 1. The quantitative estimate of drug-likeness (QED) is 0.856. The molecule has 0 unspecified atom stereocenters. The van der Waals surface area contributed by atoms with Crippen LogP contribution in [0.1, 0.15) is 6.42 Å². The number of thiazole rings is 1. The van der Waals surface area contributed by atoms with Gasteiger partial charge in [0.05, 0.1) is 6.20 Å². The summed E-state index contributed by atoms with van der Waals surface area (Å²) in [5, 5.41) is 5.81. The number of nitrogens with zero attached hydrogens (tertiary/aromatic N) is 5. The zero-order chi connectivity index (χ0) is 15.6. The van der Waals surface area contributed by atoms with E-state index in [2.05, 4.69) is 24.8 Å². The zero-order valence-corrected chi connectivity index (χ0v) is 13.4. The number of sulfonamides is 1. The Hall–Kier alpha value is -1.78. The molecular weight excluding hydrogens is 324 g/mol. The molecule has 0 atom stereocenters. The molecule has 0 aromatic carbocycles. The van der Waals surface area contributed by atoms with Crippen molar-refractivity contribution in [1.82, 2.24) is 15.0 Å². The molecule has 1 saturated heterocycles. The van der Waals surface area contributed by atoms with Crippen LogP contribution >= 0.6 is 11.3 Å². The van der Waals surface area contributed by atoms with Crippen LogP contribution in [0.4, 0.5) is 11.1 Å². The van der Waals surface area contributed by atoms with Crippen molar-refractivity contribution in [3.63, 3.8) is 0 Å². The number of hydrogen-bond acceptors (Lipinski definition) is 8. The fourth-order valence-electron chi connectivity index (χ4n) is 2.29. The van der Waals surface area contributed by atoms with Gasteiger partial charge in [-0.1, -0.05) is 11.3 Å². The summed E-state index contributed by atoms with van der Waals surface area (Å²) in [5.41, 5.74) is 0. The summed E-state index contributed by atoms with van der Waals surface area (Å²) in [6.07, 6.45) is 5.69. The SMILES string of the molecule is NS(=O)(=O)c1cnc(N2CCCN(c3ncccn3)CC2)s1. The minimum Gasteiger partial charge on any atom is -0.346 e. The molecule has 1 fully saturated rings. The molecule has 8 nitrogen and oxygen atoms in total. The van der Waals surface area contributed by atoms with Crippen LogP contribution in [0.2, 0.25) is 0 Å². The summed E-state index contributed by atoms with van der Waals surface area (Å²) in [4.78, 5) is 16.9. The Kier molecular flexibility index (Phi) is 4.23. The van der Waals surface area contributed by atoms with Crippen molar-refractivity contribution in [1.29, 1.82) is 0 Å². The van der Waals surface area contributed by atoms with E-state index in [9.17, 15) is 8.42 Å². The smallest absolute Gasteiger partial charge is 0.249 e. The Morgan fingerprint density at radius 3 is 2.41 bits per heavy atom. The van der Waals surface area contributed by atoms with Gasteiger partial charge in [0.2, 0.25) is 16.0 Å². The van der Waals surface area contributed by atoms with Crippen molar-refractivity contribution in [3.8, 4) is 0 Å². The molecule has 2 aromatic rings. The highest BCUT2D eigenvalue weighted by Crippen LogP contribution is 2.26. The lowest BCUT2D eigenvalue weighted by molar-refractivity contribution is 0.599. The van der Waals surface area contributed by atoms with Crippen molar-refractivity contribution >= 4 is 32.4 Å². The summed E-state index contributed by atoms with van der Waals surface area (Å²) in [7, 11) is -3.68. The number of nitrogens with two attached hydrogens (primary N) is 1. The van der Waals surface area contributed by atoms with Gasteiger partial charge < -0.3 is 9.80 Å². The Morgan fingerprint density at radius 1 is 1.05 bits per heavy atom. The van der Waals surface area contributed by atoms with Crippen LogP contribution in [0.15, 0.2) is 28.9 Å². The first-order valence-electron chi connectivity index (χ1n) is 6.79. The van der Waals surface area contributed by atoms with Crippen molar-refractivity contribution < 1.29 is 8.42 Å². The molecular formula is C12H16N6O2S2. The van der Waals surface area contributed by atoms with E-state index in [0.717, 1.165) is 43.9 Å². The summed E-state index contributed by atoms with van der Waals surface area (Å²) < 4.78 is 22.8.